The monoisotopic (exact) mass is 433 g/mol. The highest BCUT2D eigenvalue weighted by molar-refractivity contribution is 6.30. The highest BCUT2D eigenvalue weighted by atomic mass is 35.5. The first-order chi connectivity index (χ1) is 15.2. The zero-order valence-corrected chi connectivity index (χ0v) is 18.4. The van der Waals surface area contributed by atoms with E-state index in [0.29, 0.717) is 6.54 Å². The molecule has 1 aliphatic rings. The van der Waals surface area contributed by atoms with Crippen molar-refractivity contribution in [3.8, 4) is 0 Å². The molecule has 0 radical (unpaired) electrons. The average molecular weight is 434 g/mol. The van der Waals surface area contributed by atoms with Gasteiger partial charge < -0.3 is 9.80 Å². The van der Waals surface area contributed by atoms with Crippen LogP contribution in [0, 0.1) is 6.92 Å². The Morgan fingerprint density at radius 3 is 2.39 bits per heavy atom. The lowest BCUT2D eigenvalue weighted by Crippen LogP contribution is -3.13. The molecule has 1 N–H and O–H groups in total. The maximum atomic E-state index is 6.01. The molecule has 2 aromatic carbocycles. The molecule has 0 aliphatic carbocycles. The summed E-state index contributed by atoms with van der Waals surface area (Å²) in [4.78, 5) is 13.1. The van der Waals surface area contributed by atoms with E-state index in [2.05, 4.69) is 63.3 Å². The predicted octanol–water partition coefficient (Wildman–Crippen LogP) is 2.74. The third kappa shape index (κ3) is 4.40. The molecular formula is C24H26ClN6+. The summed E-state index contributed by atoms with van der Waals surface area (Å²) >= 11 is 6.01. The van der Waals surface area contributed by atoms with E-state index in [1.807, 2.05) is 23.0 Å². The van der Waals surface area contributed by atoms with Gasteiger partial charge in [-0.2, -0.15) is 5.10 Å². The molecule has 0 unspecified atom stereocenters. The summed E-state index contributed by atoms with van der Waals surface area (Å²) < 4.78 is 1.97. The van der Waals surface area contributed by atoms with Crippen molar-refractivity contribution in [2.24, 2.45) is 0 Å². The standard InChI is InChI=1S/C24H25ClN6/c1-18-2-4-20(5-3-18)16-31-24-22(14-28-31)23(26-17-27-24)30-12-10-29(11-13-30)15-19-6-8-21(25)9-7-19/h2-9,14,17H,10-13,15-16H2,1H3/p+1. The van der Waals surface area contributed by atoms with Crippen LogP contribution in [0.2, 0.25) is 5.02 Å². The van der Waals surface area contributed by atoms with Crippen molar-refractivity contribution >= 4 is 28.5 Å². The zero-order valence-electron chi connectivity index (χ0n) is 17.6. The molecule has 1 fully saturated rings. The summed E-state index contributed by atoms with van der Waals surface area (Å²) in [6.45, 7) is 7.93. The second-order valence-electron chi connectivity index (χ2n) is 8.26. The fourth-order valence-electron chi connectivity index (χ4n) is 4.22. The summed E-state index contributed by atoms with van der Waals surface area (Å²) in [6.07, 6.45) is 3.57. The summed E-state index contributed by atoms with van der Waals surface area (Å²) in [5.74, 6) is 0.991. The number of piperazine rings is 1. The van der Waals surface area contributed by atoms with Crippen molar-refractivity contribution < 1.29 is 4.90 Å². The lowest BCUT2D eigenvalue weighted by molar-refractivity contribution is -0.914. The Kier molecular flexibility index (Phi) is 5.57. The Morgan fingerprint density at radius 1 is 0.935 bits per heavy atom. The quantitative estimate of drug-likeness (QED) is 0.526. The van der Waals surface area contributed by atoms with E-state index in [1.54, 1.807) is 11.2 Å². The predicted molar refractivity (Wildman–Crippen MR) is 124 cm³/mol. The van der Waals surface area contributed by atoms with E-state index in [1.165, 1.54) is 16.7 Å². The Labute approximate surface area is 187 Å². The molecule has 158 valence electrons. The molecule has 0 spiro atoms. The molecule has 0 atom stereocenters. The number of aromatic nitrogens is 4. The Bertz CT molecular complexity index is 1160. The van der Waals surface area contributed by atoms with Crippen molar-refractivity contribution in [1.82, 2.24) is 19.7 Å². The first-order valence-corrected chi connectivity index (χ1v) is 11.1. The van der Waals surface area contributed by atoms with Gasteiger partial charge in [0, 0.05) is 10.6 Å². The highest BCUT2D eigenvalue weighted by Crippen LogP contribution is 2.23. The SMILES string of the molecule is Cc1ccc(Cn2ncc3c(N4CC[NH+](Cc5ccc(Cl)cc5)CC4)ncnc32)cc1. The van der Waals surface area contributed by atoms with E-state index < -0.39 is 0 Å². The second-order valence-corrected chi connectivity index (χ2v) is 8.70. The fraction of sp³-hybridized carbons (Fsp3) is 0.292. The van der Waals surface area contributed by atoms with E-state index in [-0.39, 0.29) is 0 Å². The maximum absolute atomic E-state index is 6.01. The minimum Gasteiger partial charge on any atom is -0.345 e. The summed E-state index contributed by atoms with van der Waals surface area (Å²) in [5, 5.41) is 6.43. The Balaban J connectivity index is 1.29. The number of nitrogens with one attached hydrogen (secondary N) is 1. The van der Waals surface area contributed by atoms with E-state index in [0.717, 1.165) is 54.6 Å². The molecule has 5 rings (SSSR count). The van der Waals surface area contributed by atoms with E-state index in [9.17, 15) is 0 Å². The Hall–Kier alpha value is -2.96. The van der Waals surface area contributed by atoms with Gasteiger partial charge in [-0.05, 0) is 24.6 Å². The topological polar surface area (TPSA) is 51.3 Å². The van der Waals surface area contributed by atoms with E-state index in [4.69, 9.17) is 11.6 Å². The van der Waals surface area contributed by atoms with Gasteiger partial charge in [0.2, 0.25) is 0 Å². The molecule has 2 aromatic heterocycles. The minimum absolute atomic E-state index is 0.708. The third-order valence-electron chi connectivity index (χ3n) is 6.00. The van der Waals surface area contributed by atoms with Crippen molar-refractivity contribution in [3.05, 3.63) is 82.8 Å². The number of quaternary nitrogens is 1. The van der Waals surface area contributed by atoms with Crippen LogP contribution in [-0.2, 0) is 13.1 Å². The minimum atomic E-state index is 0.708. The van der Waals surface area contributed by atoms with Gasteiger partial charge in [-0.25, -0.2) is 14.6 Å². The molecule has 0 amide bonds. The highest BCUT2D eigenvalue weighted by Gasteiger charge is 2.23. The van der Waals surface area contributed by atoms with E-state index >= 15 is 0 Å². The van der Waals surface area contributed by atoms with Gasteiger partial charge in [0.05, 0.1) is 44.3 Å². The van der Waals surface area contributed by atoms with Gasteiger partial charge >= 0.3 is 0 Å². The number of benzene rings is 2. The van der Waals surface area contributed by atoms with Gasteiger partial charge in [-0.3, -0.25) is 0 Å². The fourth-order valence-corrected chi connectivity index (χ4v) is 4.34. The summed E-state index contributed by atoms with van der Waals surface area (Å²) in [6, 6.07) is 16.7. The van der Waals surface area contributed by atoms with Crippen LogP contribution in [0.4, 0.5) is 5.82 Å². The van der Waals surface area contributed by atoms with Crippen molar-refractivity contribution in [2.45, 2.75) is 20.0 Å². The summed E-state index contributed by atoms with van der Waals surface area (Å²) in [5.41, 5.74) is 4.70. The zero-order chi connectivity index (χ0) is 21.2. The van der Waals surface area contributed by atoms with Gasteiger partial charge in [0.25, 0.3) is 0 Å². The van der Waals surface area contributed by atoms with Crippen LogP contribution in [0.15, 0.2) is 61.1 Å². The molecule has 0 bridgehead atoms. The second kappa shape index (κ2) is 8.65. The summed E-state index contributed by atoms with van der Waals surface area (Å²) in [7, 11) is 0. The Morgan fingerprint density at radius 2 is 1.65 bits per heavy atom. The number of anilines is 1. The van der Waals surface area contributed by atoms with Crippen molar-refractivity contribution in [1.29, 1.82) is 0 Å². The smallest absolute Gasteiger partial charge is 0.163 e. The molecule has 1 aliphatic heterocycles. The number of halogens is 1. The van der Waals surface area contributed by atoms with Crippen LogP contribution in [0.25, 0.3) is 11.0 Å². The molecule has 31 heavy (non-hydrogen) atoms. The number of aryl methyl sites for hydroxylation is 1. The first kappa shape index (κ1) is 20.0. The molecule has 0 saturated carbocycles. The van der Waals surface area contributed by atoms with Crippen molar-refractivity contribution in [3.63, 3.8) is 0 Å². The number of hydrogen-bond acceptors (Lipinski definition) is 4. The number of hydrogen-bond donors (Lipinski definition) is 1. The lowest BCUT2D eigenvalue weighted by Gasteiger charge is -2.33. The molecule has 1 saturated heterocycles. The van der Waals surface area contributed by atoms with Gasteiger partial charge in [-0.1, -0.05) is 53.6 Å². The number of rotatable bonds is 5. The first-order valence-electron chi connectivity index (χ1n) is 10.7. The molecular weight excluding hydrogens is 408 g/mol. The molecule has 4 aromatic rings. The van der Waals surface area contributed by atoms with Crippen LogP contribution in [0.5, 0.6) is 0 Å². The average Bonchev–Trinajstić information content (AvgIpc) is 3.20. The van der Waals surface area contributed by atoms with Crippen LogP contribution in [-0.4, -0.2) is 45.9 Å². The number of nitrogens with zero attached hydrogens (tertiary/aromatic N) is 5. The molecule has 7 heteroatoms. The largest absolute Gasteiger partial charge is 0.345 e. The van der Waals surface area contributed by atoms with Crippen molar-refractivity contribution in [2.75, 3.05) is 31.1 Å². The van der Waals surface area contributed by atoms with Crippen LogP contribution >= 0.6 is 11.6 Å². The lowest BCUT2D eigenvalue weighted by atomic mass is 10.1. The molecule has 3 heterocycles. The van der Waals surface area contributed by atoms with Gasteiger partial charge in [0.1, 0.15) is 18.7 Å². The third-order valence-corrected chi connectivity index (χ3v) is 6.25. The van der Waals surface area contributed by atoms with Gasteiger partial charge in [0.15, 0.2) is 5.65 Å². The van der Waals surface area contributed by atoms with Crippen LogP contribution in [0.3, 0.4) is 0 Å². The van der Waals surface area contributed by atoms with Crippen LogP contribution in [0.1, 0.15) is 16.7 Å². The van der Waals surface area contributed by atoms with Crippen LogP contribution < -0.4 is 9.80 Å². The maximum Gasteiger partial charge on any atom is 0.163 e. The normalized spacial score (nSPS) is 15.0. The molecule has 6 nitrogen and oxygen atoms in total. The number of fused-ring (bicyclic) bond motifs is 1. The van der Waals surface area contributed by atoms with Gasteiger partial charge in [-0.15, -0.1) is 0 Å².